The summed E-state index contributed by atoms with van der Waals surface area (Å²) in [6.45, 7) is 5.53. The van der Waals surface area contributed by atoms with Gasteiger partial charge in [0.15, 0.2) is 5.78 Å². The zero-order valence-electron chi connectivity index (χ0n) is 10.2. The van der Waals surface area contributed by atoms with Crippen LogP contribution in [0.2, 0.25) is 5.02 Å². The van der Waals surface area contributed by atoms with E-state index in [1.807, 2.05) is 13.8 Å². The number of rotatable bonds is 4. The Morgan fingerprint density at radius 1 is 1.35 bits per heavy atom. The maximum atomic E-state index is 11.8. The fraction of sp³-hybridized carbons (Fsp3) is 0.385. The molecular formula is C13H16ClNO2. The summed E-state index contributed by atoms with van der Waals surface area (Å²) in [6, 6.07) is 4.81. The molecule has 1 amide bonds. The van der Waals surface area contributed by atoms with Crippen LogP contribution in [0, 0.1) is 0 Å². The first-order valence-electron chi connectivity index (χ1n) is 5.59. The minimum absolute atomic E-state index is 0.0588. The molecule has 0 aliphatic carbocycles. The highest BCUT2D eigenvalue weighted by molar-refractivity contribution is 6.34. The summed E-state index contributed by atoms with van der Waals surface area (Å²) < 4.78 is 0. The lowest BCUT2D eigenvalue weighted by Gasteiger charge is -2.09. The van der Waals surface area contributed by atoms with Gasteiger partial charge < -0.3 is 5.32 Å². The molecule has 0 aliphatic heterocycles. The molecule has 1 rings (SSSR count). The second-order valence-electron chi connectivity index (χ2n) is 4.10. The lowest BCUT2D eigenvalue weighted by molar-refractivity contribution is 0.0943. The molecule has 1 N–H and O–H groups in total. The Balaban J connectivity index is 3.04. The van der Waals surface area contributed by atoms with Crippen molar-refractivity contribution in [1.82, 2.24) is 5.32 Å². The second kappa shape index (κ2) is 5.82. The predicted molar refractivity (Wildman–Crippen MR) is 68.7 cm³/mol. The van der Waals surface area contributed by atoms with Crippen LogP contribution in [0.25, 0.3) is 0 Å². The van der Waals surface area contributed by atoms with Crippen LogP contribution in [0.3, 0.4) is 0 Å². The lowest BCUT2D eigenvalue weighted by Crippen LogP contribution is -2.30. The van der Waals surface area contributed by atoms with Crippen molar-refractivity contribution >= 4 is 23.3 Å². The topological polar surface area (TPSA) is 46.2 Å². The first kappa shape index (κ1) is 13.7. The molecule has 1 aromatic carbocycles. The summed E-state index contributed by atoms with van der Waals surface area (Å²) >= 11 is 5.93. The van der Waals surface area contributed by atoms with Crippen molar-refractivity contribution in [3.8, 4) is 0 Å². The van der Waals surface area contributed by atoms with Crippen LogP contribution in [0.15, 0.2) is 18.2 Å². The van der Waals surface area contributed by atoms with Gasteiger partial charge in [-0.15, -0.1) is 0 Å². The smallest absolute Gasteiger partial charge is 0.251 e. The molecule has 4 heteroatoms. The van der Waals surface area contributed by atoms with E-state index in [0.29, 0.717) is 22.6 Å². The summed E-state index contributed by atoms with van der Waals surface area (Å²) in [4.78, 5) is 23.4. The molecule has 0 saturated heterocycles. The standard InChI is InChI=1S/C13H16ClNO2/c1-4-12(16)10-7-9(5-6-11(10)14)13(17)15-8(2)3/h5-8H,4H2,1-3H3,(H,15,17). The Morgan fingerprint density at radius 3 is 2.53 bits per heavy atom. The Kier molecular flexibility index (Phi) is 4.70. The molecule has 17 heavy (non-hydrogen) atoms. The third kappa shape index (κ3) is 3.56. The van der Waals surface area contributed by atoms with Crippen molar-refractivity contribution in [3.05, 3.63) is 34.3 Å². The van der Waals surface area contributed by atoms with Gasteiger partial charge in [-0.05, 0) is 32.0 Å². The number of benzene rings is 1. The first-order valence-corrected chi connectivity index (χ1v) is 5.97. The summed E-state index contributed by atoms with van der Waals surface area (Å²) in [6.07, 6.45) is 0.370. The fourth-order valence-electron chi connectivity index (χ4n) is 1.42. The summed E-state index contributed by atoms with van der Waals surface area (Å²) in [5.74, 6) is -0.254. The monoisotopic (exact) mass is 253 g/mol. The number of nitrogens with one attached hydrogen (secondary N) is 1. The van der Waals surface area contributed by atoms with E-state index in [-0.39, 0.29) is 17.7 Å². The number of hydrogen-bond acceptors (Lipinski definition) is 2. The van der Waals surface area contributed by atoms with Gasteiger partial charge in [-0.3, -0.25) is 9.59 Å². The molecule has 0 radical (unpaired) electrons. The number of ketones is 1. The van der Waals surface area contributed by atoms with Crippen LogP contribution in [0.1, 0.15) is 47.9 Å². The Labute approximate surface area is 106 Å². The molecular weight excluding hydrogens is 238 g/mol. The number of halogens is 1. The van der Waals surface area contributed by atoms with E-state index < -0.39 is 0 Å². The Bertz CT molecular complexity index is 441. The largest absolute Gasteiger partial charge is 0.350 e. The molecule has 0 aromatic heterocycles. The molecule has 0 saturated carbocycles. The summed E-state index contributed by atoms with van der Waals surface area (Å²) in [5, 5.41) is 3.16. The number of Topliss-reactive ketones (excluding diaryl/α,β-unsaturated/α-hetero) is 1. The van der Waals surface area contributed by atoms with Gasteiger partial charge in [0.1, 0.15) is 0 Å². The van der Waals surface area contributed by atoms with E-state index in [1.165, 1.54) is 0 Å². The van der Waals surface area contributed by atoms with Crippen molar-refractivity contribution in [2.45, 2.75) is 33.2 Å². The molecule has 92 valence electrons. The quantitative estimate of drug-likeness (QED) is 0.839. The minimum Gasteiger partial charge on any atom is -0.350 e. The van der Waals surface area contributed by atoms with Crippen molar-refractivity contribution in [2.75, 3.05) is 0 Å². The molecule has 1 aromatic rings. The number of carbonyl (C=O) groups is 2. The van der Waals surface area contributed by atoms with Gasteiger partial charge in [0.2, 0.25) is 0 Å². The maximum absolute atomic E-state index is 11.8. The van der Waals surface area contributed by atoms with Crippen LogP contribution in [-0.4, -0.2) is 17.7 Å². The molecule has 0 heterocycles. The van der Waals surface area contributed by atoms with E-state index in [4.69, 9.17) is 11.6 Å². The molecule has 0 bridgehead atoms. The van der Waals surface area contributed by atoms with Gasteiger partial charge in [0.05, 0.1) is 5.02 Å². The second-order valence-corrected chi connectivity index (χ2v) is 4.51. The van der Waals surface area contributed by atoms with Crippen LogP contribution in [0.5, 0.6) is 0 Å². The number of carbonyl (C=O) groups excluding carboxylic acids is 2. The average molecular weight is 254 g/mol. The van der Waals surface area contributed by atoms with Crippen molar-refractivity contribution in [1.29, 1.82) is 0 Å². The molecule has 0 unspecified atom stereocenters. The zero-order valence-corrected chi connectivity index (χ0v) is 11.0. The van der Waals surface area contributed by atoms with Gasteiger partial charge in [-0.2, -0.15) is 0 Å². The molecule has 0 spiro atoms. The van der Waals surface area contributed by atoms with Gasteiger partial charge in [-0.25, -0.2) is 0 Å². The summed E-state index contributed by atoms with van der Waals surface area (Å²) in [7, 11) is 0. The summed E-state index contributed by atoms with van der Waals surface area (Å²) in [5.41, 5.74) is 0.866. The predicted octanol–water partition coefficient (Wildman–Crippen LogP) is 3.07. The van der Waals surface area contributed by atoms with Gasteiger partial charge in [-0.1, -0.05) is 18.5 Å². The van der Waals surface area contributed by atoms with Gasteiger partial charge in [0.25, 0.3) is 5.91 Å². The average Bonchev–Trinajstić information content (AvgIpc) is 2.27. The Hall–Kier alpha value is -1.35. The van der Waals surface area contributed by atoms with Crippen LogP contribution < -0.4 is 5.32 Å². The third-order valence-corrected chi connectivity index (χ3v) is 2.60. The molecule has 0 fully saturated rings. The Morgan fingerprint density at radius 2 is 2.00 bits per heavy atom. The first-order chi connectivity index (χ1) is 7.95. The lowest BCUT2D eigenvalue weighted by atomic mass is 10.0. The van der Waals surface area contributed by atoms with E-state index in [9.17, 15) is 9.59 Å². The maximum Gasteiger partial charge on any atom is 0.251 e. The van der Waals surface area contributed by atoms with Crippen molar-refractivity contribution in [3.63, 3.8) is 0 Å². The van der Waals surface area contributed by atoms with E-state index >= 15 is 0 Å². The van der Waals surface area contributed by atoms with Crippen molar-refractivity contribution < 1.29 is 9.59 Å². The minimum atomic E-state index is -0.193. The van der Waals surface area contributed by atoms with E-state index in [2.05, 4.69) is 5.32 Å². The van der Waals surface area contributed by atoms with Crippen LogP contribution in [-0.2, 0) is 0 Å². The zero-order chi connectivity index (χ0) is 13.0. The van der Waals surface area contributed by atoms with E-state index in [0.717, 1.165) is 0 Å². The molecule has 0 atom stereocenters. The highest BCUT2D eigenvalue weighted by Crippen LogP contribution is 2.19. The van der Waals surface area contributed by atoms with Crippen molar-refractivity contribution in [2.24, 2.45) is 0 Å². The third-order valence-electron chi connectivity index (χ3n) is 2.27. The molecule has 0 aliphatic rings. The van der Waals surface area contributed by atoms with Crippen LogP contribution >= 0.6 is 11.6 Å². The highest BCUT2D eigenvalue weighted by atomic mass is 35.5. The SMILES string of the molecule is CCC(=O)c1cc(C(=O)NC(C)C)ccc1Cl. The number of hydrogen-bond donors (Lipinski definition) is 1. The number of amides is 1. The van der Waals surface area contributed by atoms with Gasteiger partial charge in [0, 0.05) is 23.6 Å². The fourth-order valence-corrected chi connectivity index (χ4v) is 1.64. The van der Waals surface area contributed by atoms with Crippen LogP contribution in [0.4, 0.5) is 0 Å². The highest BCUT2D eigenvalue weighted by Gasteiger charge is 2.13. The van der Waals surface area contributed by atoms with E-state index in [1.54, 1.807) is 25.1 Å². The normalized spacial score (nSPS) is 10.4. The van der Waals surface area contributed by atoms with Gasteiger partial charge >= 0.3 is 0 Å². The molecule has 3 nitrogen and oxygen atoms in total.